The van der Waals surface area contributed by atoms with Crippen LogP contribution in [0.3, 0.4) is 0 Å². The molecule has 0 amide bonds. The lowest BCUT2D eigenvalue weighted by molar-refractivity contribution is 0.597. The van der Waals surface area contributed by atoms with Gasteiger partial charge in [0, 0.05) is 29.7 Å². The van der Waals surface area contributed by atoms with Gasteiger partial charge in [-0.15, -0.1) is 24.0 Å². The Morgan fingerprint density at radius 3 is 2.77 bits per heavy atom. The fourth-order valence-electron chi connectivity index (χ4n) is 2.14. The molecular formula is C13H18BrFIN3O2S. The normalized spacial score (nSPS) is 20.3. The van der Waals surface area contributed by atoms with Crippen LogP contribution < -0.4 is 10.6 Å². The van der Waals surface area contributed by atoms with Crippen LogP contribution >= 0.6 is 39.9 Å². The molecule has 124 valence electrons. The fourth-order valence-corrected chi connectivity index (χ4v) is 4.15. The van der Waals surface area contributed by atoms with Crippen molar-refractivity contribution in [1.29, 1.82) is 0 Å². The standard InChI is InChI=1S/C13H17BrFN3O2S.HI/c1-16-13(18-11-4-5-21(19,20)8-11)17-7-9-2-3-10(14)6-12(9)15;/h2-3,6,11H,4-5,7-8H2,1H3,(H2,16,17,18);1H. The van der Waals surface area contributed by atoms with Gasteiger partial charge < -0.3 is 10.6 Å². The van der Waals surface area contributed by atoms with Crippen molar-refractivity contribution >= 4 is 55.7 Å². The highest BCUT2D eigenvalue weighted by molar-refractivity contribution is 14.0. The summed E-state index contributed by atoms with van der Waals surface area (Å²) in [6.45, 7) is 0.276. The Kier molecular flexibility index (Phi) is 7.53. The maximum absolute atomic E-state index is 13.7. The van der Waals surface area contributed by atoms with E-state index in [2.05, 4.69) is 31.6 Å². The van der Waals surface area contributed by atoms with Crippen LogP contribution in [0.15, 0.2) is 27.7 Å². The van der Waals surface area contributed by atoms with Crippen molar-refractivity contribution in [3.05, 3.63) is 34.1 Å². The second-order valence-electron chi connectivity index (χ2n) is 4.91. The molecule has 1 aliphatic rings. The molecule has 1 aromatic rings. The van der Waals surface area contributed by atoms with E-state index in [0.717, 1.165) is 0 Å². The second-order valence-corrected chi connectivity index (χ2v) is 8.05. The van der Waals surface area contributed by atoms with E-state index >= 15 is 0 Å². The first-order chi connectivity index (χ1) is 9.89. The van der Waals surface area contributed by atoms with Crippen LogP contribution in [0.2, 0.25) is 0 Å². The number of sulfone groups is 1. The van der Waals surface area contributed by atoms with E-state index in [1.165, 1.54) is 6.07 Å². The summed E-state index contributed by atoms with van der Waals surface area (Å²) in [5.74, 6) is 0.471. The number of hydrogen-bond acceptors (Lipinski definition) is 3. The van der Waals surface area contributed by atoms with Gasteiger partial charge in [0.05, 0.1) is 11.5 Å². The van der Waals surface area contributed by atoms with Crippen LogP contribution in [0.4, 0.5) is 4.39 Å². The zero-order chi connectivity index (χ0) is 15.5. The smallest absolute Gasteiger partial charge is 0.191 e. The minimum Gasteiger partial charge on any atom is -0.353 e. The first-order valence-electron chi connectivity index (χ1n) is 6.51. The Morgan fingerprint density at radius 1 is 1.50 bits per heavy atom. The molecule has 0 bridgehead atoms. The Morgan fingerprint density at radius 2 is 2.23 bits per heavy atom. The maximum Gasteiger partial charge on any atom is 0.191 e. The minimum atomic E-state index is -2.94. The first-order valence-corrected chi connectivity index (χ1v) is 9.12. The number of nitrogens with one attached hydrogen (secondary N) is 2. The van der Waals surface area contributed by atoms with Gasteiger partial charge in [0.2, 0.25) is 0 Å². The van der Waals surface area contributed by atoms with Crippen molar-refractivity contribution in [2.45, 2.75) is 19.0 Å². The van der Waals surface area contributed by atoms with Crippen molar-refractivity contribution in [1.82, 2.24) is 10.6 Å². The largest absolute Gasteiger partial charge is 0.353 e. The Bertz CT molecular complexity index is 655. The molecule has 9 heteroatoms. The van der Waals surface area contributed by atoms with Gasteiger partial charge in [-0.2, -0.15) is 0 Å². The quantitative estimate of drug-likeness (QED) is 0.375. The molecule has 0 aliphatic carbocycles. The van der Waals surface area contributed by atoms with Crippen molar-refractivity contribution in [3.63, 3.8) is 0 Å². The zero-order valence-electron chi connectivity index (χ0n) is 12.0. The van der Waals surface area contributed by atoms with E-state index in [0.29, 0.717) is 22.4 Å². The van der Waals surface area contributed by atoms with Crippen LogP contribution in [0.25, 0.3) is 0 Å². The highest BCUT2D eigenvalue weighted by atomic mass is 127. The summed E-state index contributed by atoms with van der Waals surface area (Å²) < 4.78 is 37.2. The monoisotopic (exact) mass is 505 g/mol. The molecule has 2 rings (SSSR count). The lowest BCUT2D eigenvalue weighted by atomic mass is 10.2. The lowest BCUT2D eigenvalue weighted by Crippen LogP contribution is -2.43. The summed E-state index contributed by atoms with van der Waals surface area (Å²) in [5, 5.41) is 6.04. The summed E-state index contributed by atoms with van der Waals surface area (Å²) in [6, 6.07) is 4.70. The number of guanidine groups is 1. The predicted octanol–water partition coefficient (Wildman–Crippen LogP) is 2.06. The van der Waals surface area contributed by atoms with E-state index in [1.54, 1.807) is 19.2 Å². The number of hydrogen-bond donors (Lipinski definition) is 2. The van der Waals surface area contributed by atoms with E-state index in [1.807, 2.05) is 0 Å². The molecule has 2 N–H and O–H groups in total. The summed E-state index contributed by atoms with van der Waals surface area (Å²) in [5.41, 5.74) is 0.514. The molecule has 1 saturated heterocycles. The molecule has 1 heterocycles. The van der Waals surface area contributed by atoms with Gasteiger partial charge in [0.25, 0.3) is 0 Å². The molecule has 22 heavy (non-hydrogen) atoms. The van der Waals surface area contributed by atoms with Gasteiger partial charge in [-0.1, -0.05) is 22.0 Å². The van der Waals surface area contributed by atoms with Gasteiger partial charge in [0.1, 0.15) is 5.82 Å². The van der Waals surface area contributed by atoms with Gasteiger partial charge in [-0.25, -0.2) is 12.8 Å². The average molecular weight is 506 g/mol. The van der Waals surface area contributed by atoms with Crippen molar-refractivity contribution in [2.24, 2.45) is 4.99 Å². The van der Waals surface area contributed by atoms with Crippen molar-refractivity contribution < 1.29 is 12.8 Å². The van der Waals surface area contributed by atoms with E-state index in [-0.39, 0.29) is 53.9 Å². The summed E-state index contributed by atoms with van der Waals surface area (Å²) >= 11 is 3.21. The van der Waals surface area contributed by atoms with Crippen LogP contribution in [0, 0.1) is 5.82 Å². The Balaban J connectivity index is 0.00000242. The summed E-state index contributed by atoms with van der Waals surface area (Å²) in [6.07, 6.45) is 0.565. The van der Waals surface area contributed by atoms with Gasteiger partial charge in [-0.05, 0) is 18.6 Å². The number of halogens is 3. The predicted molar refractivity (Wildman–Crippen MR) is 99.9 cm³/mol. The van der Waals surface area contributed by atoms with Crippen molar-refractivity contribution in [3.8, 4) is 0 Å². The van der Waals surface area contributed by atoms with E-state index in [4.69, 9.17) is 0 Å². The Labute approximate surface area is 155 Å². The summed E-state index contributed by atoms with van der Waals surface area (Å²) in [4.78, 5) is 4.03. The van der Waals surface area contributed by atoms with Crippen LogP contribution in [0.5, 0.6) is 0 Å². The molecule has 1 unspecified atom stereocenters. The van der Waals surface area contributed by atoms with Crippen molar-refractivity contribution in [2.75, 3.05) is 18.6 Å². The number of nitrogens with zero attached hydrogens (tertiary/aromatic N) is 1. The molecule has 0 saturated carbocycles. The number of aliphatic imine (C=N–C) groups is 1. The zero-order valence-corrected chi connectivity index (χ0v) is 16.7. The highest BCUT2D eigenvalue weighted by Gasteiger charge is 2.28. The Hall–Kier alpha value is -0.420. The minimum absolute atomic E-state index is 0. The molecule has 0 aromatic heterocycles. The number of rotatable bonds is 3. The van der Waals surface area contributed by atoms with Crippen LogP contribution in [-0.4, -0.2) is 39.0 Å². The van der Waals surface area contributed by atoms with Crippen LogP contribution in [0.1, 0.15) is 12.0 Å². The molecule has 1 fully saturated rings. The van der Waals surface area contributed by atoms with Gasteiger partial charge >= 0.3 is 0 Å². The van der Waals surface area contributed by atoms with E-state index in [9.17, 15) is 12.8 Å². The molecule has 0 spiro atoms. The maximum atomic E-state index is 13.7. The molecule has 0 radical (unpaired) electrons. The average Bonchev–Trinajstić information content (AvgIpc) is 2.75. The SMILES string of the molecule is CN=C(NCc1ccc(Br)cc1F)NC1CCS(=O)(=O)C1.I. The lowest BCUT2D eigenvalue weighted by Gasteiger charge is -2.16. The third-order valence-electron chi connectivity index (χ3n) is 3.26. The topological polar surface area (TPSA) is 70.6 Å². The fraction of sp³-hybridized carbons (Fsp3) is 0.462. The second kappa shape index (κ2) is 8.44. The van der Waals surface area contributed by atoms with Gasteiger partial charge in [-0.3, -0.25) is 4.99 Å². The van der Waals surface area contributed by atoms with Crippen LogP contribution in [-0.2, 0) is 16.4 Å². The third kappa shape index (κ3) is 5.65. The molecule has 1 atom stereocenters. The molecular weight excluding hydrogens is 488 g/mol. The first kappa shape index (κ1) is 19.6. The summed E-state index contributed by atoms with van der Waals surface area (Å²) in [7, 11) is -1.34. The molecule has 1 aliphatic heterocycles. The molecule has 5 nitrogen and oxygen atoms in total. The molecule has 1 aromatic carbocycles. The van der Waals surface area contributed by atoms with E-state index < -0.39 is 9.84 Å². The third-order valence-corrected chi connectivity index (χ3v) is 5.52. The highest BCUT2D eigenvalue weighted by Crippen LogP contribution is 2.15. The van der Waals surface area contributed by atoms with Gasteiger partial charge in [0.15, 0.2) is 15.8 Å². The number of benzene rings is 1.